The van der Waals surface area contributed by atoms with Crippen LogP contribution >= 0.6 is 11.3 Å². The predicted molar refractivity (Wildman–Crippen MR) is 101 cm³/mol. The third kappa shape index (κ3) is 4.70. The van der Waals surface area contributed by atoms with Gasteiger partial charge in [0.1, 0.15) is 17.2 Å². The van der Waals surface area contributed by atoms with Crippen LogP contribution in [0.5, 0.6) is 5.75 Å². The molecule has 0 atom stereocenters. The molecule has 0 unspecified atom stereocenters. The van der Waals surface area contributed by atoms with Crippen molar-refractivity contribution in [3.63, 3.8) is 0 Å². The first-order valence-corrected chi connectivity index (χ1v) is 9.16. The lowest BCUT2D eigenvalue weighted by molar-refractivity contribution is 0.0701. The Hall–Kier alpha value is -2.59. The number of para-hydroxylation sites is 1. The molecule has 0 spiro atoms. The summed E-state index contributed by atoms with van der Waals surface area (Å²) >= 11 is 1.29. The highest BCUT2D eigenvalue weighted by molar-refractivity contribution is 7.12. The van der Waals surface area contributed by atoms with E-state index in [1.165, 1.54) is 11.3 Å². The number of hydrogen-bond acceptors (Lipinski definition) is 3. The highest BCUT2D eigenvalue weighted by atomic mass is 32.1. The van der Waals surface area contributed by atoms with Crippen LogP contribution < -0.4 is 4.74 Å². The number of carbonyl (C=O) groups is 1. The zero-order valence-electron chi connectivity index (χ0n) is 13.9. The number of thiophene rings is 1. The first-order chi connectivity index (χ1) is 12.2. The van der Waals surface area contributed by atoms with Gasteiger partial charge < -0.3 is 9.84 Å². The van der Waals surface area contributed by atoms with Gasteiger partial charge in [-0.3, -0.25) is 0 Å². The maximum Gasteiger partial charge on any atom is 0.346 e. The van der Waals surface area contributed by atoms with Crippen LogP contribution in [0.4, 0.5) is 0 Å². The second-order valence-corrected chi connectivity index (χ2v) is 6.73. The first kappa shape index (κ1) is 17.2. The Balaban J connectivity index is 1.59. The lowest BCUT2D eigenvalue weighted by Crippen LogP contribution is -2.01. The molecule has 3 rings (SSSR count). The van der Waals surface area contributed by atoms with Gasteiger partial charge in [0.2, 0.25) is 0 Å². The van der Waals surface area contributed by atoms with E-state index in [9.17, 15) is 9.90 Å². The minimum atomic E-state index is -0.836. The molecule has 3 aromatic rings. The van der Waals surface area contributed by atoms with Crippen LogP contribution in [0.3, 0.4) is 0 Å². The summed E-state index contributed by atoms with van der Waals surface area (Å²) in [7, 11) is 0. The molecule has 25 heavy (non-hydrogen) atoms. The lowest BCUT2D eigenvalue weighted by Gasteiger charge is -2.11. The van der Waals surface area contributed by atoms with Crippen molar-refractivity contribution in [2.24, 2.45) is 0 Å². The molecule has 0 fully saturated rings. The molecule has 4 heteroatoms. The number of hydrogen-bond donors (Lipinski definition) is 1. The molecule has 1 heterocycles. The molecule has 0 aliphatic rings. The molecule has 0 bridgehead atoms. The Bertz CT molecular complexity index is 824. The zero-order chi connectivity index (χ0) is 17.5. The monoisotopic (exact) mass is 352 g/mol. The van der Waals surface area contributed by atoms with E-state index < -0.39 is 5.97 Å². The Morgan fingerprint density at radius 2 is 1.64 bits per heavy atom. The third-order valence-electron chi connectivity index (χ3n) is 4.04. The van der Waals surface area contributed by atoms with Gasteiger partial charge in [0.05, 0.1) is 0 Å². The van der Waals surface area contributed by atoms with Crippen LogP contribution in [0.15, 0.2) is 66.0 Å². The number of aromatic carboxylic acids is 1. The molecule has 0 saturated carbocycles. The highest BCUT2D eigenvalue weighted by Gasteiger charge is 2.11. The van der Waals surface area contributed by atoms with Crippen molar-refractivity contribution in [1.82, 2.24) is 0 Å². The Kier molecular flexibility index (Phi) is 5.86. The SMILES string of the molecule is O=C(O)c1sccc1CCCc1ccccc1OCc1ccccc1. The van der Waals surface area contributed by atoms with Crippen LogP contribution in [0, 0.1) is 0 Å². The third-order valence-corrected chi connectivity index (χ3v) is 4.99. The summed E-state index contributed by atoms with van der Waals surface area (Å²) in [5, 5.41) is 11.0. The molecule has 0 saturated heterocycles. The second kappa shape index (κ2) is 8.49. The minimum absolute atomic E-state index is 0.452. The van der Waals surface area contributed by atoms with Gasteiger partial charge in [-0.15, -0.1) is 11.3 Å². The normalized spacial score (nSPS) is 10.6. The van der Waals surface area contributed by atoms with Crippen molar-refractivity contribution in [3.8, 4) is 5.75 Å². The van der Waals surface area contributed by atoms with Crippen LogP contribution in [-0.2, 0) is 19.4 Å². The Morgan fingerprint density at radius 1 is 0.920 bits per heavy atom. The van der Waals surface area contributed by atoms with Gasteiger partial charge >= 0.3 is 5.97 Å². The second-order valence-electron chi connectivity index (χ2n) is 5.82. The summed E-state index contributed by atoms with van der Waals surface area (Å²) in [6, 6.07) is 20.1. The fourth-order valence-electron chi connectivity index (χ4n) is 2.78. The zero-order valence-corrected chi connectivity index (χ0v) is 14.7. The fourth-order valence-corrected chi connectivity index (χ4v) is 3.57. The van der Waals surface area contributed by atoms with Crippen molar-refractivity contribution in [3.05, 3.63) is 87.6 Å². The van der Waals surface area contributed by atoms with Gasteiger partial charge in [-0.25, -0.2) is 4.79 Å². The fraction of sp³-hybridized carbons (Fsp3) is 0.190. The Morgan fingerprint density at radius 3 is 2.44 bits per heavy atom. The summed E-state index contributed by atoms with van der Waals surface area (Å²) in [5.74, 6) is 0.0618. The van der Waals surface area contributed by atoms with Gasteiger partial charge in [0, 0.05) is 0 Å². The number of ether oxygens (including phenoxy) is 1. The van der Waals surface area contributed by atoms with Crippen LogP contribution in [0.1, 0.15) is 32.8 Å². The average Bonchev–Trinajstić information content (AvgIpc) is 3.11. The van der Waals surface area contributed by atoms with E-state index in [4.69, 9.17) is 4.74 Å². The van der Waals surface area contributed by atoms with Gasteiger partial charge in [0.25, 0.3) is 0 Å². The van der Waals surface area contributed by atoms with E-state index in [1.807, 2.05) is 60.0 Å². The minimum Gasteiger partial charge on any atom is -0.489 e. The van der Waals surface area contributed by atoms with Crippen molar-refractivity contribution < 1.29 is 14.6 Å². The molecular weight excluding hydrogens is 332 g/mol. The maximum absolute atomic E-state index is 11.2. The summed E-state index contributed by atoms with van der Waals surface area (Å²) in [6.07, 6.45) is 2.51. The van der Waals surface area contributed by atoms with Crippen molar-refractivity contribution >= 4 is 17.3 Å². The van der Waals surface area contributed by atoms with E-state index >= 15 is 0 Å². The van der Waals surface area contributed by atoms with Gasteiger partial charge in [0.15, 0.2) is 0 Å². The number of carboxylic acids is 1. The van der Waals surface area contributed by atoms with E-state index in [0.717, 1.165) is 41.7 Å². The van der Waals surface area contributed by atoms with Crippen molar-refractivity contribution in [1.29, 1.82) is 0 Å². The predicted octanol–water partition coefficient (Wildman–Crippen LogP) is 5.20. The summed E-state index contributed by atoms with van der Waals surface area (Å²) in [6.45, 7) is 0.547. The van der Waals surface area contributed by atoms with Crippen molar-refractivity contribution in [2.75, 3.05) is 0 Å². The van der Waals surface area contributed by atoms with E-state index in [-0.39, 0.29) is 0 Å². The lowest BCUT2D eigenvalue weighted by atomic mass is 10.0. The molecular formula is C21H20O3S. The highest BCUT2D eigenvalue weighted by Crippen LogP contribution is 2.23. The molecule has 0 aliphatic heterocycles. The largest absolute Gasteiger partial charge is 0.489 e. The first-order valence-electron chi connectivity index (χ1n) is 8.28. The van der Waals surface area contributed by atoms with Crippen LogP contribution in [0.2, 0.25) is 0 Å². The summed E-state index contributed by atoms with van der Waals surface area (Å²) < 4.78 is 5.98. The quantitative estimate of drug-likeness (QED) is 0.606. The molecule has 0 amide bonds. The molecule has 2 aromatic carbocycles. The maximum atomic E-state index is 11.2. The summed E-state index contributed by atoms with van der Waals surface area (Å²) in [5.41, 5.74) is 3.22. The smallest absolute Gasteiger partial charge is 0.346 e. The van der Waals surface area contributed by atoms with E-state index in [0.29, 0.717) is 11.5 Å². The molecule has 1 aromatic heterocycles. The van der Waals surface area contributed by atoms with Gasteiger partial charge in [-0.05, 0) is 53.5 Å². The van der Waals surface area contributed by atoms with Crippen LogP contribution in [0.25, 0.3) is 0 Å². The van der Waals surface area contributed by atoms with Crippen molar-refractivity contribution in [2.45, 2.75) is 25.9 Å². The number of benzene rings is 2. The Labute approximate surface area is 151 Å². The number of carboxylic acid groups (broad SMARTS) is 1. The summed E-state index contributed by atoms with van der Waals surface area (Å²) in [4.78, 5) is 11.6. The number of aryl methyl sites for hydroxylation is 2. The standard InChI is InChI=1S/C21H20O3S/c22-21(23)20-18(13-14-25-20)11-6-10-17-9-4-5-12-19(17)24-15-16-7-2-1-3-8-16/h1-5,7-9,12-14H,6,10-11,15H2,(H,22,23). The van der Waals surface area contributed by atoms with Gasteiger partial charge in [-0.1, -0.05) is 48.5 Å². The van der Waals surface area contributed by atoms with Crippen LogP contribution in [-0.4, -0.2) is 11.1 Å². The molecule has 128 valence electrons. The van der Waals surface area contributed by atoms with E-state index in [1.54, 1.807) is 0 Å². The van der Waals surface area contributed by atoms with Gasteiger partial charge in [-0.2, -0.15) is 0 Å². The molecule has 1 N–H and O–H groups in total. The molecule has 3 nitrogen and oxygen atoms in total. The average molecular weight is 352 g/mol. The number of rotatable bonds is 8. The molecule has 0 aliphatic carbocycles. The molecule has 0 radical (unpaired) electrons. The van der Waals surface area contributed by atoms with E-state index in [2.05, 4.69) is 6.07 Å². The topological polar surface area (TPSA) is 46.5 Å².